The lowest BCUT2D eigenvalue weighted by Crippen LogP contribution is -2.15. The Hall–Kier alpha value is -3.29. The molecule has 1 aromatic carbocycles. The lowest BCUT2D eigenvalue weighted by Gasteiger charge is -2.09. The van der Waals surface area contributed by atoms with Gasteiger partial charge in [-0.3, -0.25) is 4.79 Å². The number of anilines is 1. The van der Waals surface area contributed by atoms with Crippen molar-refractivity contribution in [1.82, 2.24) is 20.0 Å². The number of hydrogen-bond acceptors (Lipinski definition) is 5. The van der Waals surface area contributed by atoms with Crippen LogP contribution >= 0.6 is 0 Å². The molecular formula is C18H18FN5O2. The number of hydrogen-bond donors (Lipinski definition) is 1. The molecule has 0 bridgehead atoms. The van der Waals surface area contributed by atoms with Crippen LogP contribution in [0.2, 0.25) is 0 Å². The first-order valence-corrected chi connectivity index (χ1v) is 8.06. The van der Waals surface area contributed by atoms with Crippen molar-refractivity contribution < 1.29 is 13.9 Å². The van der Waals surface area contributed by atoms with Crippen LogP contribution in [-0.2, 0) is 6.42 Å². The van der Waals surface area contributed by atoms with Crippen molar-refractivity contribution in [3.63, 3.8) is 0 Å². The Kier molecular flexibility index (Phi) is 4.92. The van der Waals surface area contributed by atoms with Gasteiger partial charge < -0.3 is 10.1 Å². The van der Waals surface area contributed by atoms with Gasteiger partial charge in [0.15, 0.2) is 5.82 Å². The topological polar surface area (TPSA) is 81.9 Å². The molecule has 0 fully saturated rings. The minimum absolute atomic E-state index is 0.125. The molecule has 0 aliphatic carbocycles. The zero-order valence-corrected chi connectivity index (χ0v) is 14.7. The summed E-state index contributed by atoms with van der Waals surface area (Å²) in [5.74, 6) is -0.0721. The molecule has 0 aliphatic rings. The summed E-state index contributed by atoms with van der Waals surface area (Å²) in [5, 5.41) is 14.8. The highest BCUT2D eigenvalue weighted by molar-refractivity contribution is 6.05. The van der Waals surface area contributed by atoms with Gasteiger partial charge in [-0.25, -0.2) is 9.07 Å². The Labute approximate surface area is 149 Å². The Morgan fingerprint density at radius 3 is 2.69 bits per heavy atom. The van der Waals surface area contributed by atoms with Gasteiger partial charge in [-0.05, 0) is 37.1 Å². The predicted octanol–water partition coefficient (Wildman–Crippen LogP) is 2.93. The number of amides is 1. The Morgan fingerprint density at radius 2 is 2.08 bits per heavy atom. The van der Waals surface area contributed by atoms with Gasteiger partial charge in [0.1, 0.15) is 5.82 Å². The predicted molar refractivity (Wildman–Crippen MR) is 94.2 cm³/mol. The molecule has 0 spiro atoms. The number of aryl methyl sites for hydroxylation is 1. The summed E-state index contributed by atoms with van der Waals surface area (Å²) in [5.41, 5.74) is 1.90. The number of aromatic nitrogens is 4. The molecular weight excluding hydrogens is 337 g/mol. The van der Waals surface area contributed by atoms with Gasteiger partial charge in [0.25, 0.3) is 5.91 Å². The molecule has 0 radical (unpaired) electrons. The number of rotatable bonds is 5. The number of ether oxygens (including phenoxy) is 1. The van der Waals surface area contributed by atoms with Gasteiger partial charge in [0.05, 0.1) is 30.3 Å². The summed E-state index contributed by atoms with van der Waals surface area (Å²) in [6, 6.07) is 7.99. The number of nitrogens with zero attached hydrogens (tertiary/aromatic N) is 4. The minimum Gasteiger partial charge on any atom is -0.480 e. The Balaban J connectivity index is 1.90. The van der Waals surface area contributed by atoms with Crippen molar-refractivity contribution in [1.29, 1.82) is 0 Å². The van der Waals surface area contributed by atoms with E-state index in [9.17, 15) is 9.18 Å². The Bertz CT molecular complexity index is 937. The SMILES string of the molecule is CCc1c(C(=O)Nc2ccc(C)cc2F)cnn1-c1ccc(OC)nn1. The molecule has 2 aromatic heterocycles. The molecule has 0 atom stereocenters. The third-order valence-electron chi connectivity index (χ3n) is 3.87. The molecule has 1 amide bonds. The van der Waals surface area contributed by atoms with E-state index in [4.69, 9.17) is 4.74 Å². The second-order valence-electron chi connectivity index (χ2n) is 5.64. The van der Waals surface area contributed by atoms with Crippen LogP contribution in [0.1, 0.15) is 28.5 Å². The highest BCUT2D eigenvalue weighted by atomic mass is 19.1. The summed E-state index contributed by atoms with van der Waals surface area (Å²) in [4.78, 5) is 12.6. The molecule has 26 heavy (non-hydrogen) atoms. The van der Waals surface area contributed by atoms with E-state index in [1.54, 1.807) is 25.1 Å². The number of carbonyl (C=O) groups is 1. The summed E-state index contributed by atoms with van der Waals surface area (Å²) < 4.78 is 20.5. The van der Waals surface area contributed by atoms with Crippen LogP contribution in [0.5, 0.6) is 5.88 Å². The number of benzene rings is 1. The fraction of sp³-hybridized carbons (Fsp3) is 0.222. The lowest BCUT2D eigenvalue weighted by atomic mass is 10.1. The van der Waals surface area contributed by atoms with Crippen molar-refractivity contribution in [2.24, 2.45) is 0 Å². The largest absolute Gasteiger partial charge is 0.480 e. The average Bonchev–Trinajstić information content (AvgIpc) is 3.08. The molecule has 8 heteroatoms. The zero-order valence-electron chi connectivity index (χ0n) is 14.7. The monoisotopic (exact) mass is 355 g/mol. The normalized spacial score (nSPS) is 10.6. The van der Waals surface area contributed by atoms with Crippen molar-refractivity contribution >= 4 is 11.6 Å². The molecule has 0 unspecified atom stereocenters. The van der Waals surface area contributed by atoms with Crippen LogP contribution in [0.15, 0.2) is 36.5 Å². The van der Waals surface area contributed by atoms with Gasteiger partial charge in [0.2, 0.25) is 5.88 Å². The number of methoxy groups -OCH3 is 1. The molecule has 0 saturated heterocycles. The van der Waals surface area contributed by atoms with Crippen LogP contribution < -0.4 is 10.1 Å². The quantitative estimate of drug-likeness (QED) is 0.761. The molecule has 134 valence electrons. The van der Waals surface area contributed by atoms with E-state index in [2.05, 4.69) is 20.6 Å². The smallest absolute Gasteiger partial charge is 0.259 e. The highest BCUT2D eigenvalue weighted by Crippen LogP contribution is 2.19. The summed E-state index contributed by atoms with van der Waals surface area (Å²) in [7, 11) is 1.50. The third kappa shape index (κ3) is 3.39. The maximum atomic E-state index is 14.0. The zero-order chi connectivity index (χ0) is 18.7. The number of carbonyl (C=O) groups excluding carboxylic acids is 1. The Morgan fingerprint density at radius 1 is 1.27 bits per heavy atom. The molecule has 1 N–H and O–H groups in total. The van der Waals surface area contributed by atoms with E-state index < -0.39 is 11.7 Å². The molecule has 7 nitrogen and oxygen atoms in total. The first-order chi connectivity index (χ1) is 12.5. The van der Waals surface area contributed by atoms with E-state index in [0.29, 0.717) is 29.4 Å². The van der Waals surface area contributed by atoms with Crippen molar-refractivity contribution in [3.8, 4) is 11.7 Å². The van der Waals surface area contributed by atoms with Crippen LogP contribution in [-0.4, -0.2) is 33.0 Å². The van der Waals surface area contributed by atoms with Crippen LogP contribution in [0.25, 0.3) is 5.82 Å². The minimum atomic E-state index is -0.482. The van der Waals surface area contributed by atoms with Gasteiger partial charge in [-0.1, -0.05) is 13.0 Å². The van der Waals surface area contributed by atoms with Crippen LogP contribution in [0.3, 0.4) is 0 Å². The van der Waals surface area contributed by atoms with Crippen molar-refractivity contribution in [2.75, 3.05) is 12.4 Å². The van der Waals surface area contributed by atoms with Crippen molar-refractivity contribution in [3.05, 3.63) is 59.2 Å². The van der Waals surface area contributed by atoms with Crippen molar-refractivity contribution in [2.45, 2.75) is 20.3 Å². The molecule has 2 heterocycles. The molecule has 3 aromatic rings. The van der Waals surface area contributed by atoms with Crippen LogP contribution in [0, 0.1) is 12.7 Å². The fourth-order valence-electron chi connectivity index (χ4n) is 2.55. The standard InChI is InChI=1S/C18H18FN5O2/c1-4-15-12(18(25)21-14-6-5-11(2)9-13(14)19)10-20-24(15)16-7-8-17(26-3)23-22-16/h5-10H,4H2,1-3H3,(H,21,25). The van der Waals surface area contributed by atoms with E-state index in [-0.39, 0.29) is 5.69 Å². The average molecular weight is 355 g/mol. The second-order valence-corrected chi connectivity index (χ2v) is 5.64. The van der Waals surface area contributed by atoms with Gasteiger partial charge in [-0.2, -0.15) is 5.10 Å². The first-order valence-electron chi connectivity index (χ1n) is 8.06. The van der Waals surface area contributed by atoms with E-state index in [1.165, 1.54) is 30.1 Å². The third-order valence-corrected chi connectivity index (χ3v) is 3.87. The highest BCUT2D eigenvalue weighted by Gasteiger charge is 2.19. The number of halogens is 1. The molecule has 0 saturated carbocycles. The fourth-order valence-corrected chi connectivity index (χ4v) is 2.55. The van der Waals surface area contributed by atoms with Gasteiger partial charge >= 0.3 is 0 Å². The first kappa shape index (κ1) is 17.5. The number of nitrogens with one attached hydrogen (secondary N) is 1. The van der Waals surface area contributed by atoms with E-state index >= 15 is 0 Å². The van der Waals surface area contributed by atoms with Crippen LogP contribution in [0.4, 0.5) is 10.1 Å². The van der Waals surface area contributed by atoms with Gasteiger partial charge in [0, 0.05) is 6.07 Å². The second kappa shape index (κ2) is 7.30. The lowest BCUT2D eigenvalue weighted by molar-refractivity contribution is 0.102. The molecule has 3 rings (SSSR count). The summed E-state index contributed by atoms with van der Waals surface area (Å²) in [6.45, 7) is 3.68. The van der Waals surface area contributed by atoms with Gasteiger partial charge in [-0.15, -0.1) is 10.2 Å². The summed E-state index contributed by atoms with van der Waals surface area (Å²) in [6.07, 6.45) is 1.97. The maximum absolute atomic E-state index is 14.0. The van der Waals surface area contributed by atoms with E-state index in [1.807, 2.05) is 6.92 Å². The van der Waals surface area contributed by atoms with E-state index in [0.717, 1.165) is 5.56 Å². The molecule has 0 aliphatic heterocycles. The maximum Gasteiger partial charge on any atom is 0.259 e. The summed E-state index contributed by atoms with van der Waals surface area (Å²) >= 11 is 0.